The lowest BCUT2D eigenvalue weighted by Gasteiger charge is -2.36. The average molecular weight is 394 g/mol. The van der Waals surface area contributed by atoms with Crippen LogP contribution in [0.2, 0.25) is 0 Å². The minimum Gasteiger partial charge on any atom is -0.497 e. The summed E-state index contributed by atoms with van der Waals surface area (Å²) in [7, 11) is 1.68. The summed E-state index contributed by atoms with van der Waals surface area (Å²) in [5, 5.41) is 0. The third kappa shape index (κ3) is 4.39. The molecule has 1 aliphatic heterocycles. The maximum absolute atomic E-state index is 13.3. The first kappa shape index (κ1) is 19.0. The number of halogens is 1. The van der Waals surface area contributed by atoms with E-state index in [0.717, 1.165) is 49.0 Å². The van der Waals surface area contributed by atoms with Gasteiger partial charge in [0.15, 0.2) is 0 Å². The van der Waals surface area contributed by atoms with E-state index in [4.69, 9.17) is 9.47 Å². The molecule has 0 unspecified atom stereocenters. The van der Waals surface area contributed by atoms with Gasteiger partial charge in [0.25, 0.3) is 0 Å². The summed E-state index contributed by atoms with van der Waals surface area (Å²) in [4.78, 5) is 13.1. The summed E-state index contributed by atoms with van der Waals surface area (Å²) in [6.07, 6.45) is 1.50. The number of ether oxygens (including phenoxy) is 2. The number of rotatable bonds is 5. The number of piperazine rings is 1. The average Bonchev–Trinajstić information content (AvgIpc) is 2.76. The Labute approximate surface area is 169 Å². The van der Waals surface area contributed by atoms with Crippen LogP contribution < -0.4 is 19.3 Å². The van der Waals surface area contributed by atoms with Gasteiger partial charge in [-0.1, -0.05) is 6.07 Å². The molecular formula is C22H23FN4O2. The number of aromatic nitrogens is 2. The zero-order chi connectivity index (χ0) is 20.2. The predicted octanol–water partition coefficient (Wildman–Crippen LogP) is 4.05. The van der Waals surface area contributed by atoms with Gasteiger partial charge >= 0.3 is 0 Å². The Balaban J connectivity index is 1.43. The van der Waals surface area contributed by atoms with E-state index < -0.39 is 0 Å². The first-order valence-electron chi connectivity index (χ1n) is 9.52. The Morgan fingerprint density at radius 1 is 0.931 bits per heavy atom. The first-order chi connectivity index (χ1) is 14.1. The largest absolute Gasteiger partial charge is 0.497 e. The topological polar surface area (TPSA) is 50.7 Å². The SMILES string of the molecule is COc1cccc(N2CCN(c3cc(Oc4ccc(F)cc4C)ncn3)CC2)c1. The number of hydrogen-bond acceptors (Lipinski definition) is 6. The molecule has 1 saturated heterocycles. The van der Waals surface area contributed by atoms with E-state index in [0.29, 0.717) is 11.6 Å². The van der Waals surface area contributed by atoms with Crippen LogP contribution >= 0.6 is 0 Å². The lowest BCUT2D eigenvalue weighted by molar-refractivity contribution is 0.414. The van der Waals surface area contributed by atoms with Crippen LogP contribution in [0.3, 0.4) is 0 Å². The monoisotopic (exact) mass is 394 g/mol. The van der Waals surface area contributed by atoms with E-state index in [1.54, 1.807) is 20.1 Å². The molecule has 7 heteroatoms. The van der Waals surface area contributed by atoms with Gasteiger partial charge in [-0.2, -0.15) is 0 Å². The second-order valence-corrected chi connectivity index (χ2v) is 6.90. The third-order valence-corrected chi connectivity index (χ3v) is 5.00. The van der Waals surface area contributed by atoms with Crippen molar-refractivity contribution in [1.29, 1.82) is 0 Å². The number of nitrogens with zero attached hydrogens (tertiary/aromatic N) is 4. The van der Waals surface area contributed by atoms with E-state index >= 15 is 0 Å². The fourth-order valence-corrected chi connectivity index (χ4v) is 3.40. The van der Waals surface area contributed by atoms with Gasteiger partial charge in [-0.3, -0.25) is 0 Å². The highest BCUT2D eigenvalue weighted by Gasteiger charge is 2.19. The van der Waals surface area contributed by atoms with Crippen LogP contribution in [0.4, 0.5) is 15.9 Å². The van der Waals surface area contributed by atoms with E-state index in [9.17, 15) is 4.39 Å². The van der Waals surface area contributed by atoms with Crippen LogP contribution in [0, 0.1) is 12.7 Å². The quantitative estimate of drug-likeness (QED) is 0.651. The minimum atomic E-state index is -0.285. The number of anilines is 2. The summed E-state index contributed by atoms with van der Waals surface area (Å²) in [5.41, 5.74) is 1.87. The summed E-state index contributed by atoms with van der Waals surface area (Å²) >= 11 is 0. The molecule has 0 aliphatic carbocycles. The van der Waals surface area contributed by atoms with Crippen molar-refractivity contribution in [2.24, 2.45) is 0 Å². The maximum atomic E-state index is 13.3. The zero-order valence-electron chi connectivity index (χ0n) is 16.5. The molecule has 29 heavy (non-hydrogen) atoms. The van der Waals surface area contributed by atoms with Crippen LogP contribution in [-0.4, -0.2) is 43.3 Å². The lowest BCUT2D eigenvalue weighted by atomic mass is 10.2. The highest BCUT2D eigenvalue weighted by Crippen LogP contribution is 2.27. The zero-order valence-corrected chi connectivity index (χ0v) is 16.5. The Morgan fingerprint density at radius 3 is 2.48 bits per heavy atom. The van der Waals surface area contributed by atoms with Gasteiger partial charge in [0.2, 0.25) is 5.88 Å². The van der Waals surface area contributed by atoms with E-state index in [-0.39, 0.29) is 5.82 Å². The molecule has 0 radical (unpaired) electrons. The minimum absolute atomic E-state index is 0.285. The fourth-order valence-electron chi connectivity index (χ4n) is 3.40. The second kappa shape index (κ2) is 8.34. The fraction of sp³-hybridized carbons (Fsp3) is 0.273. The molecule has 0 bridgehead atoms. The van der Waals surface area contributed by atoms with Crippen molar-refractivity contribution in [3.8, 4) is 17.4 Å². The van der Waals surface area contributed by atoms with Gasteiger partial charge in [-0.05, 0) is 42.8 Å². The van der Waals surface area contributed by atoms with Gasteiger partial charge in [-0.25, -0.2) is 14.4 Å². The van der Waals surface area contributed by atoms with Crippen LogP contribution in [0.15, 0.2) is 54.9 Å². The Bertz CT molecular complexity index is 990. The molecule has 0 amide bonds. The van der Waals surface area contributed by atoms with Crippen LogP contribution in [0.25, 0.3) is 0 Å². The normalized spacial score (nSPS) is 14.0. The summed E-state index contributed by atoms with van der Waals surface area (Å²) < 4.78 is 24.5. The predicted molar refractivity (Wildman–Crippen MR) is 111 cm³/mol. The van der Waals surface area contributed by atoms with Gasteiger partial charge in [0.1, 0.15) is 29.5 Å². The molecule has 2 heterocycles. The Hall–Kier alpha value is -3.35. The van der Waals surface area contributed by atoms with Crippen LogP contribution in [0.5, 0.6) is 17.4 Å². The molecule has 1 aromatic heterocycles. The third-order valence-electron chi connectivity index (χ3n) is 5.00. The van der Waals surface area contributed by atoms with Gasteiger partial charge in [0, 0.05) is 44.0 Å². The van der Waals surface area contributed by atoms with Crippen molar-refractivity contribution in [1.82, 2.24) is 9.97 Å². The number of methoxy groups -OCH3 is 1. The van der Waals surface area contributed by atoms with E-state index in [1.165, 1.54) is 18.5 Å². The molecule has 0 spiro atoms. The van der Waals surface area contributed by atoms with Crippen molar-refractivity contribution < 1.29 is 13.9 Å². The van der Waals surface area contributed by atoms with Crippen molar-refractivity contribution in [2.75, 3.05) is 43.1 Å². The second-order valence-electron chi connectivity index (χ2n) is 6.90. The number of aryl methyl sites for hydroxylation is 1. The standard InChI is InChI=1S/C22H23FN4O2/c1-16-12-17(23)6-7-20(16)29-22-14-21(24-15-25-22)27-10-8-26(9-11-27)18-4-3-5-19(13-18)28-2/h3-7,12-15H,8-11H2,1-2H3. The molecule has 150 valence electrons. The van der Waals surface area contributed by atoms with Gasteiger partial charge < -0.3 is 19.3 Å². The molecule has 0 N–H and O–H groups in total. The molecule has 3 aromatic rings. The molecule has 0 atom stereocenters. The molecule has 4 rings (SSSR count). The molecule has 2 aromatic carbocycles. The lowest BCUT2D eigenvalue weighted by Crippen LogP contribution is -2.46. The van der Waals surface area contributed by atoms with Crippen LogP contribution in [-0.2, 0) is 0 Å². The molecule has 1 fully saturated rings. The van der Waals surface area contributed by atoms with Crippen molar-refractivity contribution in [3.05, 3.63) is 66.2 Å². The van der Waals surface area contributed by atoms with Crippen LogP contribution in [0.1, 0.15) is 5.56 Å². The van der Waals surface area contributed by atoms with E-state index in [2.05, 4.69) is 31.9 Å². The van der Waals surface area contributed by atoms with Gasteiger partial charge in [0.05, 0.1) is 7.11 Å². The number of benzene rings is 2. The molecule has 6 nitrogen and oxygen atoms in total. The molecule has 1 aliphatic rings. The smallest absolute Gasteiger partial charge is 0.224 e. The van der Waals surface area contributed by atoms with E-state index in [1.807, 2.05) is 18.2 Å². The summed E-state index contributed by atoms with van der Waals surface area (Å²) in [5.74, 6) is 2.42. The van der Waals surface area contributed by atoms with Crippen molar-refractivity contribution in [3.63, 3.8) is 0 Å². The molecular weight excluding hydrogens is 371 g/mol. The molecule has 0 saturated carbocycles. The maximum Gasteiger partial charge on any atom is 0.224 e. The van der Waals surface area contributed by atoms with Gasteiger partial charge in [-0.15, -0.1) is 0 Å². The van der Waals surface area contributed by atoms with Crippen molar-refractivity contribution in [2.45, 2.75) is 6.92 Å². The van der Waals surface area contributed by atoms with Crippen molar-refractivity contribution >= 4 is 11.5 Å². The summed E-state index contributed by atoms with van der Waals surface area (Å²) in [6.45, 7) is 5.24. The Kier molecular flexibility index (Phi) is 5.46. The highest BCUT2D eigenvalue weighted by atomic mass is 19.1. The number of hydrogen-bond donors (Lipinski definition) is 0. The summed E-state index contributed by atoms with van der Waals surface area (Å²) in [6, 6.07) is 14.4. The first-order valence-corrected chi connectivity index (χ1v) is 9.52. The Morgan fingerprint density at radius 2 is 1.72 bits per heavy atom. The highest BCUT2D eigenvalue weighted by molar-refractivity contribution is 5.53.